The molecule has 1 unspecified atom stereocenters. The molecule has 1 aromatic heterocycles. The van der Waals surface area contributed by atoms with E-state index in [-0.39, 0.29) is 24.8 Å². The monoisotopic (exact) mass is 385 g/mol. The SMILES string of the molecule is O=C(Nc1cc(N2CCOCC2)ncn1)C1CC(=O)N(c2cccc(F)c2)C1. The smallest absolute Gasteiger partial charge is 0.230 e. The predicted molar refractivity (Wildman–Crippen MR) is 101 cm³/mol. The van der Waals surface area contributed by atoms with Gasteiger partial charge in [0.25, 0.3) is 0 Å². The topological polar surface area (TPSA) is 87.7 Å². The fourth-order valence-corrected chi connectivity index (χ4v) is 3.39. The van der Waals surface area contributed by atoms with Crippen molar-refractivity contribution in [3.05, 3.63) is 42.5 Å². The van der Waals surface area contributed by atoms with Gasteiger partial charge in [-0.1, -0.05) is 6.07 Å². The maximum absolute atomic E-state index is 13.4. The summed E-state index contributed by atoms with van der Waals surface area (Å²) in [7, 11) is 0. The number of nitrogens with one attached hydrogen (secondary N) is 1. The Morgan fingerprint density at radius 1 is 1.21 bits per heavy atom. The first kappa shape index (κ1) is 18.3. The molecule has 9 heteroatoms. The van der Waals surface area contributed by atoms with Crippen LogP contribution in [0, 0.1) is 11.7 Å². The van der Waals surface area contributed by atoms with E-state index in [0.29, 0.717) is 24.7 Å². The van der Waals surface area contributed by atoms with Crippen LogP contribution >= 0.6 is 0 Å². The van der Waals surface area contributed by atoms with Gasteiger partial charge in [-0.2, -0.15) is 0 Å². The van der Waals surface area contributed by atoms with E-state index in [9.17, 15) is 14.0 Å². The van der Waals surface area contributed by atoms with Gasteiger partial charge in [0.15, 0.2) is 0 Å². The minimum Gasteiger partial charge on any atom is -0.378 e. The summed E-state index contributed by atoms with van der Waals surface area (Å²) in [4.78, 5) is 36.8. The van der Waals surface area contributed by atoms with Gasteiger partial charge in [0.05, 0.1) is 19.1 Å². The normalized spacial score (nSPS) is 19.8. The second-order valence-corrected chi connectivity index (χ2v) is 6.74. The van der Waals surface area contributed by atoms with Crippen LogP contribution in [0.5, 0.6) is 0 Å². The largest absolute Gasteiger partial charge is 0.378 e. The Kier molecular flexibility index (Phi) is 5.16. The maximum Gasteiger partial charge on any atom is 0.230 e. The summed E-state index contributed by atoms with van der Waals surface area (Å²) in [5, 5.41) is 2.77. The standard InChI is InChI=1S/C19H20FN5O3/c20-14-2-1-3-15(9-14)25-11-13(8-18(25)26)19(27)23-16-10-17(22-12-21-16)24-4-6-28-7-5-24/h1-3,9-10,12-13H,4-8,11H2,(H,21,22,23,27). The van der Waals surface area contributed by atoms with Crippen molar-refractivity contribution in [3.63, 3.8) is 0 Å². The fourth-order valence-electron chi connectivity index (χ4n) is 3.39. The summed E-state index contributed by atoms with van der Waals surface area (Å²) >= 11 is 0. The number of amides is 2. The number of halogens is 1. The minimum absolute atomic E-state index is 0.0732. The molecule has 146 valence electrons. The van der Waals surface area contributed by atoms with Crippen molar-refractivity contribution in [3.8, 4) is 0 Å². The lowest BCUT2D eigenvalue weighted by molar-refractivity contribution is -0.122. The summed E-state index contributed by atoms with van der Waals surface area (Å²) < 4.78 is 18.8. The molecule has 4 rings (SSSR count). The molecule has 28 heavy (non-hydrogen) atoms. The summed E-state index contributed by atoms with van der Waals surface area (Å²) in [6.45, 7) is 2.92. The number of aromatic nitrogens is 2. The lowest BCUT2D eigenvalue weighted by Gasteiger charge is -2.27. The van der Waals surface area contributed by atoms with E-state index in [4.69, 9.17) is 4.74 Å². The van der Waals surface area contributed by atoms with Crippen LogP contribution in [0.2, 0.25) is 0 Å². The Bertz CT molecular complexity index is 887. The molecule has 2 saturated heterocycles. The van der Waals surface area contributed by atoms with Crippen molar-refractivity contribution in [2.75, 3.05) is 48.0 Å². The molecule has 1 N–H and O–H groups in total. The second kappa shape index (κ2) is 7.89. The summed E-state index contributed by atoms with van der Waals surface area (Å²) in [6.07, 6.45) is 1.48. The zero-order valence-electron chi connectivity index (χ0n) is 15.2. The quantitative estimate of drug-likeness (QED) is 0.857. The van der Waals surface area contributed by atoms with Crippen LogP contribution in [0.1, 0.15) is 6.42 Å². The molecule has 0 aliphatic carbocycles. The van der Waals surface area contributed by atoms with E-state index in [0.717, 1.165) is 18.9 Å². The van der Waals surface area contributed by atoms with Gasteiger partial charge in [-0.05, 0) is 18.2 Å². The first-order valence-corrected chi connectivity index (χ1v) is 9.12. The average Bonchev–Trinajstić information content (AvgIpc) is 3.11. The highest BCUT2D eigenvalue weighted by molar-refractivity contribution is 6.03. The molecule has 2 aliphatic rings. The van der Waals surface area contributed by atoms with E-state index in [1.165, 1.54) is 23.4 Å². The maximum atomic E-state index is 13.4. The van der Waals surface area contributed by atoms with Gasteiger partial charge in [-0.15, -0.1) is 0 Å². The molecule has 0 bridgehead atoms. The zero-order chi connectivity index (χ0) is 19.5. The highest BCUT2D eigenvalue weighted by atomic mass is 19.1. The molecule has 0 spiro atoms. The summed E-state index contributed by atoms with van der Waals surface area (Å²) in [5.41, 5.74) is 0.455. The van der Waals surface area contributed by atoms with Gasteiger partial charge >= 0.3 is 0 Å². The van der Waals surface area contributed by atoms with Crippen LogP contribution < -0.4 is 15.1 Å². The van der Waals surface area contributed by atoms with Crippen LogP contribution in [0.25, 0.3) is 0 Å². The second-order valence-electron chi connectivity index (χ2n) is 6.74. The lowest BCUT2D eigenvalue weighted by Crippen LogP contribution is -2.36. The third-order valence-electron chi connectivity index (χ3n) is 4.85. The van der Waals surface area contributed by atoms with Gasteiger partial charge < -0.3 is 19.9 Å². The van der Waals surface area contributed by atoms with Gasteiger partial charge in [0.2, 0.25) is 11.8 Å². The Labute approximate surface area is 161 Å². The Balaban J connectivity index is 1.42. The first-order valence-electron chi connectivity index (χ1n) is 9.12. The zero-order valence-corrected chi connectivity index (χ0v) is 15.2. The number of rotatable bonds is 4. The molecular weight excluding hydrogens is 365 g/mol. The van der Waals surface area contributed by atoms with E-state index in [1.807, 2.05) is 0 Å². The molecule has 2 aliphatic heterocycles. The van der Waals surface area contributed by atoms with Crippen LogP contribution in [-0.4, -0.2) is 54.6 Å². The van der Waals surface area contributed by atoms with Crippen LogP contribution in [-0.2, 0) is 14.3 Å². The highest BCUT2D eigenvalue weighted by Gasteiger charge is 2.35. The first-order chi connectivity index (χ1) is 13.6. The van der Waals surface area contributed by atoms with Crippen molar-refractivity contribution < 1.29 is 18.7 Å². The number of hydrogen-bond acceptors (Lipinski definition) is 6. The number of benzene rings is 1. The van der Waals surface area contributed by atoms with Crippen molar-refractivity contribution in [2.24, 2.45) is 5.92 Å². The Hall–Kier alpha value is -3.07. The molecule has 8 nitrogen and oxygen atoms in total. The number of carbonyl (C=O) groups is 2. The fraction of sp³-hybridized carbons (Fsp3) is 0.368. The third-order valence-corrected chi connectivity index (χ3v) is 4.85. The number of morpholine rings is 1. The van der Waals surface area contributed by atoms with Crippen molar-refractivity contribution in [1.82, 2.24) is 9.97 Å². The lowest BCUT2D eigenvalue weighted by atomic mass is 10.1. The van der Waals surface area contributed by atoms with E-state index < -0.39 is 11.7 Å². The molecule has 2 amide bonds. The van der Waals surface area contributed by atoms with Gasteiger partial charge in [-0.25, -0.2) is 14.4 Å². The Morgan fingerprint density at radius 3 is 2.82 bits per heavy atom. The Morgan fingerprint density at radius 2 is 2.04 bits per heavy atom. The number of carbonyl (C=O) groups excluding carboxylic acids is 2. The van der Waals surface area contributed by atoms with E-state index in [1.54, 1.807) is 18.2 Å². The van der Waals surface area contributed by atoms with E-state index in [2.05, 4.69) is 20.2 Å². The van der Waals surface area contributed by atoms with Crippen molar-refractivity contribution >= 4 is 29.1 Å². The van der Waals surface area contributed by atoms with Crippen LogP contribution in [0.4, 0.5) is 21.7 Å². The summed E-state index contributed by atoms with van der Waals surface area (Å²) in [6, 6.07) is 7.51. The molecule has 0 saturated carbocycles. The number of hydrogen-bond donors (Lipinski definition) is 1. The predicted octanol–water partition coefficient (Wildman–Crippen LogP) is 1.44. The molecule has 0 radical (unpaired) electrons. The molecular formula is C19H20FN5O3. The molecule has 1 atom stereocenters. The van der Waals surface area contributed by atoms with Gasteiger partial charge in [0.1, 0.15) is 23.8 Å². The van der Waals surface area contributed by atoms with Gasteiger partial charge in [0, 0.05) is 37.8 Å². The number of ether oxygens (including phenoxy) is 1. The number of nitrogens with zero attached hydrogens (tertiary/aromatic N) is 4. The van der Waals surface area contributed by atoms with Gasteiger partial charge in [-0.3, -0.25) is 9.59 Å². The average molecular weight is 385 g/mol. The molecule has 2 fully saturated rings. The summed E-state index contributed by atoms with van der Waals surface area (Å²) in [5.74, 6) is -0.343. The molecule has 2 aromatic rings. The third kappa shape index (κ3) is 3.94. The van der Waals surface area contributed by atoms with Crippen LogP contribution in [0.3, 0.4) is 0 Å². The van der Waals surface area contributed by atoms with Crippen molar-refractivity contribution in [2.45, 2.75) is 6.42 Å². The van der Waals surface area contributed by atoms with E-state index >= 15 is 0 Å². The van der Waals surface area contributed by atoms with Crippen molar-refractivity contribution in [1.29, 1.82) is 0 Å². The highest BCUT2D eigenvalue weighted by Crippen LogP contribution is 2.26. The molecule has 1 aromatic carbocycles. The van der Waals surface area contributed by atoms with Crippen LogP contribution in [0.15, 0.2) is 36.7 Å². The molecule has 3 heterocycles. The number of anilines is 3. The minimum atomic E-state index is -0.530.